The Morgan fingerprint density at radius 1 is 0.968 bits per heavy atom. The Kier molecular flexibility index (Phi) is 8.54. The van der Waals surface area contributed by atoms with Crippen molar-refractivity contribution in [3.05, 3.63) is 29.3 Å². The fourth-order valence-corrected chi connectivity index (χ4v) is 4.57. The molecule has 1 aliphatic heterocycles. The van der Waals surface area contributed by atoms with Gasteiger partial charge in [-0.05, 0) is 24.1 Å². The number of nitrogens with one attached hydrogen (secondary N) is 1. The number of nitrogens with zero attached hydrogens (tertiary/aromatic N) is 2. The smallest absolute Gasteiger partial charge is 0.337 e. The lowest BCUT2D eigenvalue weighted by molar-refractivity contribution is -0.122. The maximum atomic E-state index is 13.1. The zero-order valence-electron chi connectivity index (χ0n) is 18.2. The average molecular weight is 456 g/mol. The number of piperazine rings is 1. The average Bonchev–Trinajstić information content (AvgIpc) is 2.76. The predicted molar refractivity (Wildman–Crippen MR) is 112 cm³/mol. The highest BCUT2D eigenvalue weighted by molar-refractivity contribution is 7.89. The van der Waals surface area contributed by atoms with Crippen molar-refractivity contribution in [1.29, 1.82) is 0 Å². The molecule has 1 aromatic carbocycles. The Morgan fingerprint density at radius 3 is 1.94 bits per heavy atom. The molecule has 1 aliphatic rings. The van der Waals surface area contributed by atoms with Crippen molar-refractivity contribution in [3.63, 3.8) is 0 Å². The highest BCUT2D eigenvalue weighted by Gasteiger charge is 2.30. The van der Waals surface area contributed by atoms with Crippen molar-refractivity contribution >= 4 is 27.9 Å². The first-order valence-electron chi connectivity index (χ1n) is 9.89. The number of sulfonamides is 1. The Balaban J connectivity index is 2.14. The van der Waals surface area contributed by atoms with Crippen LogP contribution in [-0.2, 0) is 24.3 Å². The van der Waals surface area contributed by atoms with Gasteiger partial charge in [-0.2, -0.15) is 4.31 Å². The van der Waals surface area contributed by atoms with Crippen LogP contribution >= 0.6 is 0 Å². The number of esters is 2. The third-order valence-corrected chi connectivity index (χ3v) is 6.67. The van der Waals surface area contributed by atoms with Gasteiger partial charge in [0.25, 0.3) is 0 Å². The standard InChI is InChI=1S/C20H29N3O7S/c1-14(2)12-21-18(24)13-22-5-7-23(8-6-22)31(27,28)17-10-15(19(25)29-3)9-16(11-17)20(26)30-4/h9-11,14H,5-8,12-13H2,1-4H3,(H,21,24). The van der Waals surface area contributed by atoms with Crippen LogP contribution in [0.1, 0.15) is 34.6 Å². The van der Waals surface area contributed by atoms with E-state index in [1.807, 2.05) is 18.7 Å². The number of amides is 1. The number of methoxy groups -OCH3 is 2. The van der Waals surface area contributed by atoms with E-state index in [1.165, 1.54) is 22.5 Å². The first-order valence-corrected chi connectivity index (χ1v) is 11.3. The van der Waals surface area contributed by atoms with E-state index in [0.29, 0.717) is 25.6 Å². The number of benzene rings is 1. The second-order valence-corrected chi connectivity index (χ2v) is 9.55. The van der Waals surface area contributed by atoms with Crippen LogP contribution in [0, 0.1) is 5.92 Å². The molecule has 10 nitrogen and oxygen atoms in total. The first kappa shape index (κ1) is 24.8. The lowest BCUT2D eigenvalue weighted by Gasteiger charge is -2.33. The molecule has 1 amide bonds. The van der Waals surface area contributed by atoms with Gasteiger partial charge in [-0.15, -0.1) is 0 Å². The largest absolute Gasteiger partial charge is 0.465 e. The Labute approximate surface area is 182 Å². The second kappa shape index (κ2) is 10.7. The maximum Gasteiger partial charge on any atom is 0.337 e. The quantitative estimate of drug-likeness (QED) is 0.557. The molecule has 11 heteroatoms. The minimum Gasteiger partial charge on any atom is -0.465 e. The van der Waals surface area contributed by atoms with Crippen LogP contribution in [0.3, 0.4) is 0 Å². The number of ether oxygens (including phenoxy) is 2. The van der Waals surface area contributed by atoms with Gasteiger partial charge in [-0.25, -0.2) is 18.0 Å². The summed E-state index contributed by atoms with van der Waals surface area (Å²) in [5, 5.41) is 2.84. The molecule has 0 aliphatic carbocycles. The molecule has 0 atom stereocenters. The zero-order valence-corrected chi connectivity index (χ0v) is 19.0. The van der Waals surface area contributed by atoms with Gasteiger partial charge >= 0.3 is 11.9 Å². The Hall–Kier alpha value is -2.50. The molecule has 0 bridgehead atoms. The minimum atomic E-state index is -3.97. The highest BCUT2D eigenvalue weighted by Crippen LogP contribution is 2.22. The SMILES string of the molecule is COC(=O)c1cc(C(=O)OC)cc(S(=O)(=O)N2CCN(CC(=O)NCC(C)C)CC2)c1. The van der Waals surface area contributed by atoms with E-state index in [2.05, 4.69) is 14.8 Å². The fourth-order valence-electron chi connectivity index (χ4n) is 3.07. The van der Waals surface area contributed by atoms with E-state index in [-0.39, 0.29) is 41.6 Å². The summed E-state index contributed by atoms with van der Waals surface area (Å²) in [6.45, 7) is 5.92. The summed E-state index contributed by atoms with van der Waals surface area (Å²) in [5.74, 6) is -1.28. The fraction of sp³-hybridized carbons (Fsp3) is 0.550. The molecule has 1 aromatic rings. The summed E-state index contributed by atoms with van der Waals surface area (Å²) in [4.78, 5) is 37.6. The van der Waals surface area contributed by atoms with Crippen LogP contribution in [0.15, 0.2) is 23.1 Å². The van der Waals surface area contributed by atoms with Crippen molar-refractivity contribution in [2.75, 3.05) is 53.5 Å². The monoisotopic (exact) mass is 455 g/mol. The molecular formula is C20H29N3O7S. The number of carbonyl (C=O) groups excluding carboxylic acids is 3. The molecule has 0 radical (unpaired) electrons. The van der Waals surface area contributed by atoms with Crippen molar-refractivity contribution in [2.24, 2.45) is 5.92 Å². The van der Waals surface area contributed by atoms with Gasteiger partial charge in [0.2, 0.25) is 15.9 Å². The lowest BCUT2D eigenvalue weighted by Crippen LogP contribution is -2.51. The number of rotatable bonds is 8. The molecule has 1 N–H and O–H groups in total. The van der Waals surface area contributed by atoms with Gasteiger partial charge in [0.15, 0.2) is 0 Å². The summed E-state index contributed by atoms with van der Waals surface area (Å²) in [5.41, 5.74) is -0.131. The van der Waals surface area contributed by atoms with Crippen molar-refractivity contribution in [1.82, 2.24) is 14.5 Å². The van der Waals surface area contributed by atoms with E-state index < -0.39 is 22.0 Å². The summed E-state index contributed by atoms with van der Waals surface area (Å²) in [6.07, 6.45) is 0. The Bertz CT molecular complexity index is 888. The van der Waals surface area contributed by atoms with Gasteiger partial charge in [0.1, 0.15) is 0 Å². The van der Waals surface area contributed by atoms with Crippen LogP contribution in [0.4, 0.5) is 0 Å². The zero-order chi connectivity index (χ0) is 23.2. The number of carbonyl (C=O) groups is 3. The summed E-state index contributed by atoms with van der Waals surface area (Å²) in [6, 6.07) is 3.59. The van der Waals surface area contributed by atoms with Gasteiger partial charge in [-0.3, -0.25) is 9.69 Å². The Morgan fingerprint density at radius 2 is 1.48 bits per heavy atom. The van der Waals surface area contributed by atoms with Crippen LogP contribution < -0.4 is 5.32 Å². The molecule has 1 fully saturated rings. The summed E-state index contributed by atoms with van der Waals surface area (Å²) >= 11 is 0. The minimum absolute atomic E-state index is 0.0653. The number of hydrogen-bond acceptors (Lipinski definition) is 8. The molecule has 31 heavy (non-hydrogen) atoms. The van der Waals surface area contributed by atoms with Crippen LogP contribution in [-0.4, -0.2) is 89.0 Å². The number of hydrogen-bond donors (Lipinski definition) is 1. The first-order chi connectivity index (χ1) is 14.6. The molecule has 0 aromatic heterocycles. The third kappa shape index (κ3) is 6.49. The molecule has 0 saturated carbocycles. The van der Waals surface area contributed by atoms with Gasteiger partial charge in [0.05, 0.1) is 36.8 Å². The van der Waals surface area contributed by atoms with E-state index in [1.54, 1.807) is 0 Å². The van der Waals surface area contributed by atoms with Crippen LogP contribution in [0.5, 0.6) is 0 Å². The molecule has 172 valence electrons. The molecule has 1 heterocycles. The maximum absolute atomic E-state index is 13.1. The summed E-state index contributed by atoms with van der Waals surface area (Å²) < 4.78 is 36.9. The molecular weight excluding hydrogens is 426 g/mol. The summed E-state index contributed by atoms with van der Waals surface area (Å²) in [7, 11) is -1.64. The van der Waals surface area contributed by atoms with E-state index in [0.717, 1.165) is 14.2 Å². The van der Waals surface area contributed by atoms with E-state index >= 15 is 0 Å². The van der Waals surface area contributed by atoms with Crippen molar-refractivity contribution < 1.29 is 32.3 Å². The molecule has 0 unspecified atom stereocenters. The van der Waals surface area contributed by atoms with Crippen LogP contribution in [0.25, 0.3) is 0 Å². The van der Waals surface area contributed by atoms with E-state index in [4.69, 9.17) is 0 Å². The van der Waals surface area contributed by atoms with Crippen molar-refractivity contribution in [3.8, 4) is 0 Å². The van der Waals surface area contributed by atoms with Gasteiger partial charge in [-0.1, -0.05) is 13.8 Å². The normalized spacial score (nSPS) is 15.5. The highest BCUT2D eigenvalue weighted by atomic mass is 32.2. The second-order valence-electron chi connectivity index (χ2n) is 7.61. The lowest BCUT2D eigenvalue weighted by atomic mass is 10.1. The topological polar surface area (TPSA) is 122 Å². The molecule has 1 saturated heterocycles. The molecule has 0 spiro atoms. The third-order valence-electron chi connectivity index (χ3n) is 4.79. The van der Waals surface area contributed by atoms with Crippen molar-refractivity contribution in [2.45, 2.75) is 18.7 Å². The van der Waals surface area contributed by atoms with E-state index in [9.17, 15) is 22.8 Å². The predicted octanol–water partition coefficient (Wildman–Crippen LogP) is 0.338. The van der Waals surface area contributed by atoms with Gasteiger partial charge < -0.3 is 14.8 Å². The molecule has 2 rings (SSSR count). The van der Waals surface area contributed by atoms with Gasteiger partial charge in [0, 0.05) is 32.7 Å². The van der Waals surface area contributed by atoms with Crippen LogP contribution in [0.2, 0.25) is 0 Å².